The van der Waals surface area contributed by atoms with Gasteiger partial charge in [0.15, 0.2) is 5.69 Å². The summed E-state index contributed by atoms with van der Waals surface area (Å²) in [7, 11) is 0. The Balaban J connectivity index is 2.47. The lowest BCUT2D eigenvalue weighted by atomic mass is 9.98. The normalized spacial score (nSPS) is 10.3. The molecule has 0 saturated carbocycles. The summed E-state index contributed by atoms with van der Waals surface area (Å²) in [6.45, 7) is 6.39. The van der Waals surface area contributed by atoms with E-state index in [4.69, 9.17) is 5.26 Å². The molecule has 2 aromatic rings. The summed E-state index contributed by atoms with van der Waals surface area (Å²) in [5, 5.41) is 12.4. The van der Waals surface area contributed by atoms with Crippen molar-refractivity contribution in [1.29, 1.82) is 5.26 Å². The fourth-order valence-corrected chi connectivity index (χ4v) is 2.07. The van der Waals surface area contributed by atoms with E-state index in [0.29, 0.717) is 11.6 Å². The molecule has 0 aliphatic rings. The molecule has 0 spiro atoms. The zero-order valence-corrected chi connectivity index (χ0v) is 11.4. The van der Waals surface area contributed by atoms with Gasteiger partial charge in [0.25, 0.3) is 0 Å². The number of nitriles is 1. The van der Waals surface area contributed by atoms with Gasteiger partial charge >= 0.3 is 0 Å². The van der Waals surface area contributed by atoms with Crippen molar-refractivity contribution in [3.63, 3.8) is 0 Å². The molecule has 0 amide bonds. The summed E-state index contributed by atoms with van der Waals surface area (Å²) in [6, 6.07) is 12.1. The molecular weight excluding hydrogens is 234 g/mol. The van der Waals surface area contributed by atoms with E-state index < -0.39 is 0 Å². The van der Waals surface area contributed by atoms with Gasteiger partial charge in [0.2, 0.25) is 0 Å². The fourth-order valence-electron chi connectivity index (χ4n) is 2.07. The predicted molar refractivity (Wildman–Crippen MR) is 77.5 cm³/mol. The third-order valence-corrected chi connectivity index (χ3v) is 3.10. The molecule has 0 atom stereocenters. The molecule has 0 radical (unpaired) electrons. The third-order valence-electron chi connectivity index (χ3n) is 3.10. The topological polar surface area (TPSA) is 48.7 Å². The van der Waals surface area contributed by atoms with Crippen LogP contribution in [-0.4, -0.2) is 4.98 Å². The molecule has 0 unspecified atom stereocenters. The van der Waals surface area contributed by atoms with E-state index in [1.807, 2.05) is 12.1 Å². The van der Waals surface area contributed by atoms with Crippen LogP contribution in [-0.2, 0) is 0 Å². The van der Waals surface area contributed by atoms with Crippen molar-refractivity contribution in [2.45, 2.75) is 26.7 Å². The molecule has 0 aliphatic carbocycles. The van der Waals surface area contributed by atoms with Crippen LogP contribution in [0.15, 0.2) is 36.5 Å². The number of hydrogen-bond donors (Lipinski definition) is 1. The maximum atomic E-state index is 9.09. The zero-order valence-electron chi connectivity index (χ0n) is 11.4. The van der Waals surface area contributed by atoms with Gasteiger partial charge in [0.05, 0.1) is 5.69 Å². The van der Waals surface area contributed by atoms with Crippen molar-refractivity contribution < 1.29 is 0 Å². The molecule has 2 rings (SSSR count). The average molecular weight is 251 g/mol. The number of benzene rings is 1. The van der Waals surface area contributed by atoms with Gasteiger partial charge in [-0.25, -0.2) is 4.98 Å². The van der Waals surface area contributed by atoms with Crippen LogP contribution >= 0.6 is 0 Å². The molecule has 3 nitrogen and oxygen atoms in total. The third kappa shape index (κ3) is 2.74. The standard InChI is InChI=1S/C16H17N3/c1-11(2)13-7-4-6-12(3)16(13)19-14-8-5-9-18-15(14)10-17/h4-9,11,19H,1-3H3. The van der Waals surface area contributed by atoms with E-state index in [0.717, 1.165) is 11.4 Å². The average Bonchev–Trinajstić information content (AvgIpc) is 2.41. The zero-order chi connectivity index (χ0) is 13.8. The van der Waals surface area contributed by atoms with Crippen molar-refractivity contribution >= 4 is 11.4 Å². The van der Waals surface area contributed by atoms with Gasteiger partial charge < -0.3 is 5.32 Å². The highest BCUT2D eigenvalue weighted by Crippen LogP contribution is 2.30. The second-order valence-corrected chi connectivity index (χ2v) is 4.83. The van der Waals surface area contributed by atoms with Gasteiger partial charge in [-0.1, -0.05) is 32.0 Å². The van der Waals surface area contributed by atoms with Gasteiger partial charge in [-0.2, -0.15) is 5.26 Å². The molecule has 0 fully saturated rings. The Hall–Kier alpha value is -2.34. The first kappa shape index (κ1) is 13.1. The van der Waals surface area contributed by atoms with E-state index in [1.165, 1.54) is 11.1 Å². The highest BCUT2D eigenvalue weighted by Gasteiger charge is 2.11. The molecule has 19 heavy (non-hydrogen) atoms. The predicted octanol–water partition coefficient (Wildman–Crippen LogP) is 4.13. The van der Waals surface area contributed by atoms with Crippen LogP contribution in [0, 0.1) is 18.3 Å². The van der Waals surface area contributed by atoms with Crippen molar-refractivity contribution in [3.8, 4) is 6.07 Å². The highest BCUT2D eigenvalue weighted by atomic mass is 14.9. The fraction of sp³-hybridized carbons (Fsp3) is 0.250. The van der Waals surface area contributed by atoms with Crippen LogP contribution in [0.4, 0.5) is 11.4 Å². The first-order valence-corrected chi connectivity index (χ1v) is 6.35. The molecule has 0 aliphatic heterocycles. The van der Waals surface area contributed by atoms with Crippen molar-refractivity contribution in [1.82, 2.24) is 4.98 Å². The van der Waals surface area contributed by atoms with E-state index in [2.05, 4.69) is 55.3 Å². The minimum absolute atomic E-state index is 0.417. The Labute approximate surface area is 113 Å². The van der Waals surface area contributed by atoms with Crippen LogP contribution in [0.5, 0.6) is 0 Å². The van der Waals surface area contributed by atoms with Crippen molar-refractivity contribution in [3.05, 3.63) is 53.3 Å². The van der Waals surface area contributed by atoms with Crippen molar-refractivity contribution in [2.75, 3.05) is 5.32 Å². The Morgan fingerprint density at radius 2 is 2.00 bits per heavy atom. The summed E-state index contributed by atoms with van der Waals surface area (Å²) in [5.74, 6) is 0.421. The monoisotopic (exact) mass is 251 g/mol. The van der Waals surface area contributed by atoms with Crippen LogP contribution in [0.1, 0.15) is 36.6 Å². The molecule has 1 aromatic heterocycles. The summed E-state index contributed by atoms with van der Waals surface area (Å²) in [6.07, 6.45) is 1.63. The minimum Gasteiger partial charge on any atom is -0.353 e. The van der Waals surface area contributed by atoms with Crippen molar-refractivity contribution in [2.24, 2.45) is 0 Å². The Morgan fingerprint density at radius 1 is 1.21 bits per heavy atom. The summed E-state index contributed by atoms with van der Waals surface area (Å²) < 4.78 is 0. The van der Waals surface area contributed by atoms with Gasteiger partial charge in [0.1, 0.15) is 6.07 Å². The molecule has 0 bridgehead atoms. The maximum absolute atomic E-state index is 9.09. The number of pyridine rings is 1. The smallest absolute Gasteiger partial charge is 0.163 e. The lowest BCUT2D eigenvalue weighted by molar-refractivity contribution is 0.867. The number of anilines is 2. The van der Waals surface area contributed by atoms with Crippen LogP contribution in [0.2, 0.25) is 0 Å². The summed E-state index contributed by atoms with van der Waals surface area (Å²) in [5.41, 5.74) is 4.65. The molecule has 0 saturated heterocycles. The number of nitrogens with zero attached hydrogens (tertiary/aromatic N) is 2. The quantitative estimate of drug-likeness (QED) is 0.892. The highest BCUT2D eigenvalue weighted by molar-refractivity contribution is 5.70. The Morgan fingerprint density at radius 3 is 2.68 bits per heavy atom. The summed E-state index contributed by atoms with van der Waals surface area (Å²) >= 11 is 0. The lowest BCUT2D eigenvalue weighted by Crippen LogP contribution is -2.02. The summed E-state index contributed by atoms with van der Waals surface area (Å²) in [4.78, 5) is 4.07. The first-order chi connectivity index (χ1) is 9.13. The number of nitrogens with one attached hydrogen (secondary N) is 1. The number of rotatable bonds is 3. The van der Waals surface area contributed by atoms with E-state index in [-0.39, 0.29) is 0 Å². The van der Waals surface area contributed by atoms with Gasteiger partial charge in [-0.05, 0) is 36.1 Å². The number of aromatic nitrogens is 1. The van der Waals surface area contributed by atoms with E-state index in [9.17, 15) is 0 Å². The number of para-hydroxylation sites is 1. The van der Waals surface area contributed by atoms with Gasteiger partial charge in [0, 0.05) is 11.9 Å². The molecule has 3 heteroatoms. The van der Waals surface area contributed by atoms with Crippen LogP contribution < -0.4 is 5.32 Å². The minimum atomic E-state index is 0.417. The SMILES string of the molecule is Cc1cccc(C(C)C)c1Nc1cccnc1C#N. The van der Waals surface area contributed by atoms with E-state index >= 15 is 0 Å². The van der Waals surface area contributed by atoms with Crippen LogP contribution in [0.3, 0.4) is 0 Å². The first-order valence-electron chi connectivity index (χ1n) is 6.35. The second kappa shape index (κ2) is 5.53. The molecule has 1 aromatic carbocycles. The van der Waals surface area contributed by atoms with Gasteiger partial charge in [-0.3, -0.25) is 0 Å². The second-order valence-electron chi connectivity index (χ2n) is 4.83. The number of aryl methyl sites for hydroxylation is 1. The molecule has 1 heterocycles. The van der Waals surface area contributed by atoms with E-state index in [1.54, 1.807) is 6.20 Å². The largest absolute Gasteiger partial charge is 0.353 e. The molecule has 96 valence electrons. The molecule has 1 N–H and O–H groups in total. The maximum Gasteiger partial charge on any atom is 0.163 e. The van der Waals surface area contributed by atoms with Gasteiger partial charge in [-0.15, -0.1) is 0 Å². The Bertz CT molecular complexity index is 624. The molecular formula is C16H17N3. The van der Waals surface area contributed by atoms with Crippen LogP contribution in [0.25, 0.3) is 0 Å². The lowest BCUT2D eigenvalue weighted by Gasteiger charge is -2.17. The number of hydrogen-bond acceptors (Lipinski definition) is 3. The Kier molecular flexibility index (Phi) is 3.82.